The van der Waals surface area contributed by atoms with Crippen LogP contribution in [0.4, 0.5) is 5.82 Å². The number of nitrogens with zero attached hydrogens (tertiary/aromatic N) is 2. The lowest BCUT2D eigenvalue weighted by molar-refractivity contribution is -0.130. The van der Waals surface area contributed by atoms with Crippen molar-refractivity contribution in [2.75, 3.05) is 25.0 Å². The first-order valence-corrected chi connectivity index (χ1v) is 12.1. The molecule has 1 fully saturated rings. The van der Waals surface area contributed by atoms with Crippen molar-refractivity contribution >= 4 is 45.3 Å². The molecule has 1 atom stereocenters. The zero-order valence-corrected chi connectivity index (χ0v) is 19.2. The zero-order valence-electron chi connectivity index (χ0n) is 17.6. The number of benzene rings is 1. The third-order valence-corrected chi connectivity index (χ3v) is 6.81. The SMILES string of the molecule is CCNS(=O)(=O)c1ccc(C=CC(=O)N2CCCC(C(=O)Nc3ccc(Cl)cn3)C2)cc1. The molecule has 1 saturated heterocycles. The number of pyridine rings is 1. The van der Waals surface area contributed by atoms with Gasteiger partial charge >= 0.3 is 0 Å². The van der Waals surface area contributed by atoms with Gasteiger partial charge in [0.15, 0.2) is 0 Å². The molecule has 1 aliphatic heterocycles. The number of anilines is 1. The minimum absolute atomic E-state index is 0.169. The first-order chi connectivity index (χ1) is 15.3. The van der Waals surface area contributed by atoms with E-state index in [2.05, 4.69) is 15.0 Å². The Morgan fingerprint density at radius 3 is 2.62 bits per heavy atom. The summed E-state index contributed by atoms with van der Waals surface area (Å²) in [7, 11) is -3.51. The highest BCUT2D eigenvalue weighted by atomic mass is 35.5. The second kappa shape index (κ2) is 10.7. The lowest BCUT2D eigenvalue weighted by Gasteiger charge is -2.31. The van der Waals surface area contributed by atoms with Crippen LogP contribution >= 0.6 is 11.6 Å². The van der Waals surface area contributed by atoms with E-state index in [4.69, 9.17) is 11.6 Å². The van der Waals surface area contributed by atoms with Crippen molar-refractivity contribution in [2.45, 2.75) is 24.7 Å². The van der Waals surface area contributed by atoms with Crippen LogP contribution in [0, 0.1) is 5.92 Å². The standard InChI is InChI=1S/C22H25ClN4O4S/c1-2-25-32(30,31)19-9-5-16(6-10-19)7-12-21(28)27-13-3-4-17(15-27)22(29)26-20-11-8-18(23)14-24-20/h5-12,14,17,25H,2-4,13,15H2,1H3,(H,24,26,29). The van der Waals surface area contributed by atoms with Gasteiger partial charge in [0.05, 0.1) is 15.8 Å². The fourth-order valence-electron chi connectivity index (χ4n) is 3.37. The molecule has 1 aromatic carbocycles. The van der Waals surface area contributed by atoms with Gasteiger partial charge in [0, 0.05) is 31.9 Å². The molecule has 0 spiro atoms. The number of sulfonamides is 1. The van der Waals surface area contributed by atoms with Gasteiger partial charge in [-0.15, -0.1) is 0 Å². The van der Waals surface area contributed by atoms with E-state index in [0.717, 1.165) is 6.42 Å². The normalized spacial score (nSPS) is 16.8. The molecule has 3 rings (SSSR count). The average Bonchev–Trinajstić information content (AvgIpc) is 2.79. The molecule has 32 heavy (non-hydrogen) atoms. The first kappa shape index (κ1) is 23.9. The van der Waals surface area contributed by atoms with Crippen LogP contribution in [-0.4, -0.2) is 49.8 Å². The maximum Gasteiger partial charge on any atom is 0.246 e. The van der Waals surface area contributed by atoms with Crippen molar-refractivity contribution in [3.8, 4) is 0 Å². The number of aromatic nitrogens is 1. The van der Waals surface area contributed by atoms with E-state index < -0.39 is 10.0 Å². The van der Waals surface area contributed by atoms with Gasteiger partial charge in [-0.2, -0.15) is 0 Å². The second-order valence-corrected chi connectivity index (χ2v) is 9.58. The number of carbonyl (C=O) groups is 2. The van der Waals surface area contributed by atoms with Gasteiger partial charge in [-0.1, -0.05) is 30.7 Å². The van der Waals surface area contributed by atoms with Gasteiger partial charge in [0.25, 0.3) is 0 Å². The quantitative estimate of drug-likeness (QED) is 0.597. The van der Waals surface area contributed by atoms with E-state index in [1.165, 1.54) is 24.4 Å². The third-order valence-electron chi connectivity index (χ3n) is 5.03. The average molecular weight is 477 g/mol. The largest absolute Gasteiger partial charge is 0.338 e. The van der Waals surface area contributed by atoms with Crippen LogP contribution in [0.15, 0.2) is 53.6 Å². The van der Waals surface area contributed by atoms with Crippen molar-refractivity contribution in [1.82, 2.24) is 14.6 Å². The topological polar surface area (TPSA) is 108 Å². The molecule has 1 aliphatic rings. The minimum Gasteiger partial charge on any atom is -0.338 e. The number of hydrogen-bond donors (Lipinski definition) is 2. The summed E-state index contributed by atoms with van der Waals surface area (Å²) < 4.78 is 26.4. The Labute approximate surface area is 192 Å². The summed E-state index contributed by atoms with van der Waals surface area (Å²) in [6.07, 6.45) is 5.94. The first-order valence-electron chi connectivity index (χ1n) is 10.3. The highest BCUT2D eigenvalue weighted by molar-refractivity contribution is 7.89. The summed E-state index contributed by atoms with van der Waals surface area (Å²) in [5.41, 5.74) is 0.703. The number of likely N-dealkylation sites (tertiary alicyclic amines) is 1. The van der Waals surface area contributed by atoms with Crippen LogP contribution < -0.4 is 10.0 Å². The molecule has 10 heteroatoms. The van der Waals surface area contributed by atoms with Crippen molar-refractivity contribution in [1.29, 1.82) is 0 Å². The fraction of sp³-hybridized carbons (Fsp3) is 0.318. The van der Waals surface area contributed by atoms with Gasteiger partial charge in [-0.05, 0) is 48.7 Å². The van der Waals surface area contributed by atoms with Gasteiger partial charge in [-0.3, -0.25) is 9.59 Å². The monoisotopic (exact) mass is 476 g/mol. The number of halogens is 1. The van der Waals surface area contributed by atoms with Crippen molar-refractivity contribution < 1.29 is 18.0 Å². The molecular weight excluding hydrogens is 452 g/mol. The Morgan fingerprint density at radius 2 is 1.97 bits per heavy atom. The predicted octanol–water partition coefficient (Wildman–Crippen LogP) is 2.92. The molecular formula is C22H25ClN4O4S. The summed E-state index contributed by atoms with van der Waals surface area (Å²) in [6, 6.07) is 9.54. The van der Waals surface area contributed by atoms with E-state index in [9.17, 15) is 18.0 Å². The van der Waals surface area contributed by atoms with E-state index in [1.807, 2.05) is 0 Å². The van der Waals surface area contributed by atoms with Crippen LogP contribution in [-0.2, 0) is 19.6 Å². The molecule has 8 nitrogen and oxygen atoms in total. The molecule has 2 heterocycles. The number of amides is 2. The number of carbonyl (C=O) groups excluding carboxylic acids is 2. The Bertz CT molecular complexity index is 1090. The van der Waals surface area contributed by atoms with Crippen molar-refractivity contribution in [2.24, 2.45) is 5.92 Å². The molecule has 0 saturated carbocycles. The Balaban J connectivity index is 1.58. The minimum atomic E-state index is -3.51. The van der Waals surface area contributed by atoms with E-state index in [-0.39, 0.29) is 22.6 Å². The van der Waals surface area contributed by atoms with Crippen LogP contribution in [0.1, 0.15) is 25.3 Å². The second-order valence-electron chi connectivity index (χ2n) is 7.38. The molecule has 1 aromatic heterocycles. The van der Waals surface area contributed by atoms with E-state index in [0.29, 0.717) is 42.5 Å². The highest BCUT2D eigenvalue weighted by Crippen LogP contribution is 2.20. The van der Waals surface area contributed by atoms with Gasteiger partial charge in [-0.25, -0.2) is 18.1 Å². The van der Waals surface area contributed by atoms with Crippen LogP contribution in [0.5, 0.6) is 0 Å². The maximum absolute atomic E-state index is 12.6. The van der Waals surface area contributed by atoms with Crippen LogP contribution in [0.3, 0.4) is 0 Å². The Morgan fingerprint density at radius 1 is 1.22 bits per heavy atom. The maximum atomic E-state index is 12.6. The number of nitrogens with one attached hydrogen (secondary N) is 2. The highest BCUT2D eigenvalue weighted by Gasteiger charge is 2.27. The van der Waals surface area contributed by atoms with Gasteiger partial charge in [0.1, 0.15) is 5.82 Å². The van der Waals surface area contributed by atoms with Crippen LogP contribution in [0.25, 0.3) is 6.08 Å². The molecule has 0 aliphatic carbocycles. The Kier molecular flexibility index (Phi) is 8.00. The fourth-order valence-corrected chi connectivity index (χ4v) is 4.53. The summed E-state index contributed by atoms with van der Waals surface area (Å²) >= 11 is 5.81. The van der Waals surface area contributed by atoms with Crippen molar-refractivity contribution in [3.63, 3.8) is 0 Å². The number of hydrogen-bond acceptors (Lipinski definition) is 5. The lowest BCUT2D eigenvalue weighted by atomic mass is 9.97. The summed E-state index contributed by atoms with van der Waals surface area (Å²) in [5, 5.41) is 3.25. The summed E-state index contributed by atoms with van der Waals surface area (Å²) in [4.78, 5) is 31.1. The molecule has 2 amide bonds. The Hall–Kier alpha value is -2.75. The molecule has 0 radical (unpaired) electrons. The molecule has 2 N–H and O–H groups in total. The summed E-state index contributed by atoms with van der Waals surface area (Å²) in [5.74, 6) is -0.285. The number of rotatable bonds is 7. The smallest absolute Gasteiger partial charge is 0.246 e. The number of piperidine rings is 1. The molecule has 2 aromatic rings. The molecule has 0 bridgehead atoms. The summed E-state index contributed by atoms with van der Waals surface area (Å²) in [6.45, 7) is 2.92. The van der Waals surface area contributed by atoms with Crippen LogP contribution in [0.2, 0.25) is 5.02 Å². The van der Waals surface area contributed by atoms with E-state index in [1.54, 1.807) is 42.2 Å². The van der Waals surface area contributed by atoms with Gasteiger partial charge < -0.3 is 10.2 Å². The third kappa shape index (κ3) is 6.38. The van der Waals surface area contributed by atoms with Gasteiger partial charge in [0.2, 0.25) is 21.8 Å². The zero-order chi connectivity index (χ0) is 23.1. The van der Waals surface area contributed by atoms with E-state index >= 15 is 0 Å². The lowest BCUT2D eigenvalue weighted by Crippen LogP contribution is -2.43. The molecule has 1 unspecified atom stereocenters. The molecule has 170 valence electrons. The van der Waals surface area contributed by atoms with Crippen molar-refractivity contribution in [3.05, 3.63) is 59.3 Å². The predicted molar refractivity (Wildman–Crippen MR) is 124 cm³/mol.